The normalized spacial score (nSPS) is 9.50. The number of aliphatic hydroxyl groups excluding tert-OH is 1. The van der Waals surface area contributed by atoms with Crippen LogP contribution in [0.15, 0.2) is 18.2 Å². The van der Waals surface area contributed by atoms with E-state index in [1.165, 1.54) is 0 Å². The Balaban J connectivity index is 3.03. The standard InChI is InChI=1S/C8H8ClNO2/c9-7-2-1-6(4-11)8(3-7)10-5-12/h1-3,5,11H,4H2,(H,10,12). The van der Waals surface area contributed by atoms with Gasteiger partial charge < -0.3 is 10.4 Å². The van der Waals surface area contributed by atoms with Gasteiger partial charge in [0.25, 0.3) is 0 Å². The van der Waals surface area contributed by atoms with Crippen LogP contribution in [-0.2, 0) is 11.4 Å². The van der Waals surface area contributed by atoms with Gasteiger partial charge in [0.2, 0.25) is 6.41 Å². The number of nitrogens with one attached hydrogen (secondary N) is 1. The molecule has 0 fully saturated rings. The van der Waals surface area contributed by atoms with E-state index < -0.39 is 0 Å². The molecule has 1 amide bonds. The van der Waals surface area contributed by atoms with E-state index in [0.29, 0.717) is 22.7 Å². The number of amides is 1. The zero-order chi connectivity index (χ0) is 8.97. The lowest BCUT2D eigenvalue weighted by molar-refractivity contribution is -0.105. The topological polar surface area (TPSA) is 49.3 Å². The average Bonchev–Trinajstić information content (AvgIpc) is 2.05. The van der Waals surface area contributed by atoms with E-state index in [4.69, 9.17) is 16.7 Å². The minimum absolute atomic E-state index is 0.118. The molecular weight excluding hydrogens is 178 g/mol. The summed E-state index contributed by atoms with van der Waals surface area (Å²) in [6.45, 7) is -0.118. The molecule has 0 atom stereocenters. The van der Waals surface area contributed by atoms with Crippen molar-refractivity contribution in [2.45, 2.75) is 6.61 Å². The van der Waals surface area contributed by atoms with Crippen molar-refractivity contribution in [2.75, 3.05) is 5.32 Å². The lowest BCUT2D eigenvalue weighted by Crippen LogP contribution is -1.98. The molecule has 0 bridgehead atoms. The summed E-state index contributed by atoms with van der Waals surface area (Å²) < 4.78 is 0. The fourth-order valence-corrected chi connectivity index (χ4v) is 1.06. The van der Waals surface area contributed by atoms with Gasteiger partial charge in [-0.25, -0.2) is 0 Å². The summed E-state index contributed by atoms with van der Waals surface area (Å²) in [7, 11) is 0. The lowest BCUT2D eigenvalue weighted by Gasteiger charge is -2.04. The van der Waals surface area contributed by atoms with Gasteiger partial charge in [0.05, 0.1) is 6.61 Å². The predicted molar refractivity (Wildman–Crippen MR) is 47.1 cm³/mol. The number of hydrogen-bond acceptors (Lipinski definition) is 2. The molecule has 0 saturated carbocycles. The average molecular weight is 186 g/mol. The number of carbonyl (C=O) groups is 1. The predicted octanol–water partition coefficient (Wildman–Crippen LogP) is 1.40. The number of hydrogen-bond donors (Lipinski definition) is 2. The molecule has 0 aliphatic carbocycles. The molecule has 64 valence electrons. The molecule has 0 unspecified atom stereocenters. The zero-order valence-electron chi connectivity index (χ0n) is 6.25. The fourth-order valence-electron chi connectivity index (χ4n) is 0.884. The molecule has 1 aromatic carbocycles. The van der Waals surface area contributed by atoms with Crippen LogP contribution in [0, 0.1) is 0 Å². The Morgan fingerprint density at radius 1 is 1.58 bits per heavy atom. The van der Waals surface area contributed by atoms with Crippen molar-refractivity contribution in [3.8, 4) is 0 Å². The molecule has 12 heavy (non-hydrogen) atoms. The van der Waals surface area contributed by atoms with Crippen LogP contribution < -0.4 is 5.32 Å². The SMILES string of the molecule is O=CNc1cc(Cl)ccc1CO. The molecule has 0 aliphatic heterocycles. The minimum Gasteiger partial charge on any atom is -0.392 e. The summed E-state index contributed by atoms with van der Waals surface area (Å²) in [6, 6.07) is 4.90. The molecule has 2 N–H and O–H groups in total. The zero-order valence-corrected chi connectivity index (χ0v) is 7.01. The third-order valence-electron chi connectivity index (χ3n) is 1.46. The highest BCUT2D eigenvalue weighted by molar-refractivity contribution is 6.30. The van der Waals surface area contributed by atoms with Gasteiger partial charge in [0, 0.05) is 16.3 Å². The van der Waals surface area contributed by atoms with Gasteiger partial charge >= 0.3 is 0 Å². The first kappa shape index (κ1) is 9.03. The molecule has 0 aliphatic rings. The first-order chi connectivity index (χ1) is 5.77. The van der Waals surface area contributed by atoms with Gasteiger partial charge in [0.1, 0.15) is 0 Å². The van der Waals surface area contributed by atoms with Crippen LogP contribution in [0.1, 0.15) is 5.56 Å². The monoisotopic (exact) mass is 185 g/mol. The van der Waals surface area contributed by atoms with Crippen LogP contribution >= 0.6 is 11.6 Å². The smallest absolute Gasteiger partial charge is 0.211 e. The first-order valence-corrected chi connectivity index (χ1v) is 3.75. The number of anilines is 1. The number of carbonyl (C=O) groups excluding carboxylic acids is 1. The second kappa shape index (κ2) is 4.09. The van der Waals surface area contributed by atoms with Crippen molar-refractivity contribution in [1.29, 1.82) is 0 Å². The second-order valence-electron chi connectivity index (χ2n) is 2.22. The number of benzene rings is 1. The maximum absolute atomic E-state index is 10.1. The number of halogens is 1. The quantitative estimate of drug-likeness (QED) is 0.700. The first-order valence-electron chi connectivity index (χ1n) is 3.37. The highest BCUT2D eigenvalue weighted by Crippen LogP contribution is 2.20. The van der Waals surface area contributed by atoms with Crippen LogP contribution in [0.2, 0.25) is 5.02 Å². The maximum atomic E-state index is 10.1. The Kier molecular flexibility index (Phi) is 3.08. The number of aliphatic hydroxyl groups is 1. The summed E-state index contributed by atoms with van der Waals surface area (Å²) in [6.07, 6.45) is 0.546. The van der Waals surface area contributed by atoms with Gasteiger partial charge in [-0.05, 0) is 12.1 Å². The van der Waals surface area contributed by atoms with E-state index in [9.17, 15) is 4.79 Å². The molecule has 0 saturated heterocycles. The maximum Gasteiger partial charge on any atom is 0.211 e. The summed E-state index contributed by atoms with van der Waals surface area (Å²) >= 11 is 5.67. The molecule has 1 rings (SSSR count). The Morgan fingerprint density at radius 3 is 2.92 bits per heavy atom. The van der Waals surface area contributed by atoms with Gasteiger partial charge in [-0.15, -0.1) is 0 Å². The Hall–Kier alpha value is -1.06. The lowest BCUT2D eigenvalue weighted by atomic mass is 10.2. The van der Waals surface area contributed by atoms with E-state index in [0.717, 1.165) is 0 Å². The van der Waals surface area contributed by atoms with Gasteiger partial charge in [-0.2, -0.15) is 0 Å². The molecule has 4 heteroatoms. The minimum atomic E-state index is -0.118. The van der Waals surface area contributed by atoms with Crippen LogP contribution in [0.4, 0.5) is 5.69 Å². The van der Waals surface area contributed by atoms with Crippen LogP contribution in [0.25, 0.3) is 0 Å². The van der Waals surface area contributed by atoms with Crippen LogP contribution in [-0.4, -0.2) is 11.5 Å². The Bertz CT molecular complexity index is 288. The van der Waals surface area contributed by atoms with E-state index >= 15 is 0 Å². The van der Waals surface area contributed by atoms with Crippen molar-refractivity contribution < 1.29 is 9.90 Å². The highest BCUT2D eigenvalue weighted by Gasteiger charge is 2.00. The molecule has 1 aromatic rings. The van der Waals surface area contributed by atoms with Gasteiger partial charge in [-0.1, -0.05) is 17.7 Å². The van der Waals surface area contributed by atoms with Crippen molar-refractivity contribution in [2.24, 2.45) is 0 Å². The second-order valence-corrected chi connectivity index (χ2v) is 2.66. The van der Waals surface area contributed by atoms with Crippen molar-refractivity contribution in [1.82, 2.24) is 0 Å². The highest BCUT2D eigenvalue weighted by atomic mass is 35.5. The van der Waals surface area contributed by atoms with Crippen molar-refractivity contribution >= 4 is 23.7 Å². The molecule has 0 heterocycles. The summed E-state index contributed by atoms with van der Waals surface area (Å²) in [5, 5.41) is 11.8. The molecule has 0 aromatic heterocycles. The van der Waals surface area contributed by atoms with Crippen molar-refractivity contribution in [3.63, 3.8) is 0 Å². The molecule has 0 radical (unpaired) electrons. The number of rotatable bonds is 3. The summed E-state index contributed by atoms with van der Waals surface area (Å²) in [5.74, 6) is 0. The van der Waals surface area contributed by atoms with E-state index in [-0.39, 0.29) is 6.61 Å². The summed E-state index contributed by atoms with van der Waals surface area (Å²) in [5.41, 5.74) is 1.19. The summed E-state index contributed by atoms with van der Waals surface area (Å²) in [4.78, 5) is 10.1. The van der Waals surface area contributed by atoms with Crippen LogP contribution in [0.5, 0.6) is 0 Å². The van der Waals surface area contributed by atoms with E-state index in [2.05, 4.69) is 5.32 Å². The van der Waals surface area contributed by atoms with Crippen molar-refractivity contribution in [3.05, 3.63) is 28.8 Å². The van der Waals surface area contributed by atoms with E-state index in [1.807, 2.05) is 0 Å². The van der Waals surface area contributed by atoms with Gasteiger partial charge in [-0.3, -0.25) is 4.79 Å². The van der Waals surface area contributed by atoms with Crippen LogP contribution in [0.3, 0.4) is 0 Å². The van der Waals surface area contributed by atoms with E-state index in [1.54, 1.807) is 18.2 Å². The fraction of sp³-hybridized carbons (Fsp3) is 0.125. The third kappa shape index (κ3) is 1.96. The largest absolute Gasteiger partial charge is 0.392 e. The molecular formula is C8H8ClNO2. The Labute approximate surface area is 75.0 Å². The third-order valence-corrected chi connectivity index (χ3v) is 1.69. The molecule has 3 nitrogen and oxygen atoms in total. The Morgan fingerprint density at radius 2 is 2.33 bits per heavy atom. The van der Waals surface area contributed by atoms with Gasteiger partial charge in [0.15, 0.2) is 0 Å². The molecule has 0 spiro atoms.